The number of nitrogens with zero attached hydrogens (tertiary/aromatic N) is 3. The van der Waals surface area contributed by atoms with E-state index in [1.807, 2.05) is 0 Å². The summed E-state index contributed by atoms with van der Waals surface area (Å²) in [6.07, 6.45) is 7.31. The number of hydrogen-bond donors (Lipinski definition) is 1. The summed E-state index contributed by atoms with van der Waals surface area (Å²) >= 11 is 0. The fraction of sp³-hybridized carbons (Fsp3) is 0.353. The molecule has 5 nitrogen and oxygen atoms in total. The molecular formula is C17H17F3N4O. The summed E-state index contributed by atoms with van der Waals surface area (Å²) in [7, 11) is 0. The maximum atomic E-state index is 13.6. The normalized spacial score (nSPS) is 14.9. The molecule has 1 aromatic carbocycles. The molecule has 0 radical (unpaired) electrons. The summed E-state index contributed by atoms with van der Waals surface area (Å²) in [5.41, 5.74) is -0.495. The van der Waals surface area contributed by atoms with E-state index >= 15 is 0 Å². The topological polar surface area (TPSA) is 58.1 Å². The minimum Gasteiger partial charge on any atom is -0.355 e. The summed E-state index contributed by atoms with van der Waals surface area (Å²) in [6.45, 7) is 1.78. The fourth-order valence-corrected chi connectivity index (χ4v) is 2.71. The molecule has 0 unspecified atom stereocenters. The number of carbonyl (C=O) groups excluding carboxylic acids is 1. The molecule has 25 heavy (non-hydrogen) atoms. The molecule has 0 spiro atoms. The number of aromatic nitrogens is 2. The summed E-state index contributed by atoms with van der Waals surface area (Å²) in [5, 5.41) is 2.17. The van der Waals surface area contributed by atoms with Crippen LogP contribution in [0.2, 0.25) is 0 Å². The standard InChI is InChI=1S/C17H17F3N4O/c18-11-5-6-12(16(20)15(11)19)23-17(25)13-9-22-14(10-21-13)24-7-3-1-2-4-8-24/h5-6,9-10H,1-4,7-8H2,(H,23,25). The monoisotopic (exact) mass is 350 g/mol. The maximum absolute atomic E-state index is 13.6. The van der Waals surface area contributed by atoms with Crippen molar-refractivity contribution in [3.63, 3.8) is 0 Å². The van der Waals surface area contributed by atoms with Crippen LogP contribution in [0.5, 0.6) is 0 Å². The van der Waals surface area contributed by atoms with Gasteiger partial charge in [0.1, 0.15) is 11.5 Å². The van der Waals surface area contributed by atoms with Crippen molar-refractivity contribution in [3.8, 4) is 0 Å². The van der Waals surface area contributed by atoms with Crippen LogP contribution in [0.25, 0.3) is 0 Å². The number of halogens is 3. The van der Waals surface area contributed by atoms with Crippen molar-refractivity contribution in [1.29, 1.82) is 0 Å². The van der Waals surface area contributed by atoms with Gasteiger partial charge in [0.2, 0.25) is 0 Å². The van der Waals surface area contributed by atoms with Crippen LogP contribution in [0.4, 0.5) is 24.7 Å². The molecule has 132 valence electrons. The first-order chi connectivity index (χ1) is 12.1. The van der Waals surface area contributed by atoms with Gasteiger partial charge in [-0.2, -0.15) is 0 Å². The van der Waals surface area contributed by atoms with Gasteiger partial charge in [-0.15, -0.1) is 0 Å². The number of nitrogens with one attached hydrogen (secondary N) is 1. The molecular weight excluding hydrogens is 333 g/mol. The molecule has 1 aliphatic rings. The van der Waals surface area contributed by atoms with Crippen molar-refractivity contribution < 1.29 is 18.0 Å². The molecule has 1 fully saturated rings. The van der Waals surface area contributed by atoms with E-state index in [2.05, 4.69) is 20.2 Å². The van der Waals surface area contributed by atoms with Gasteiger partial charge in [-0.3, -0.25) is 4.79 Å². The van der Waals surface area contributed by atoms with Crippen LogP contribution in [0.15, 0.2) is 24.5 Å². The third kappa shape index (κ3) is 3.89. The average molecular weight is 350 g/mol. The van der Waals surface area contributed by atoms with Gasteiger partial charge < -0.3 is 10.2 Å². The van der Waals surface area contributed by atoms with Gasteiger partial charge in [-0.25, -0.2) is 23.1 Å². The molecule has 0 bridgehead atoms. The van der Waals surface area contributed by atoms with Crippen molar-refractivity contribution in [3.05, 3.63) is 47.7 Å². The molecule has 1 amide bonds. The van der Waals surface area contributed by atoms with Gasteiger partial charge in [0.05, 0.1) is 18.1 Å². The van der Waals surface area contributed by atoms with E-state index in [4.69, 9.17) is 0 Å². The first-order valence-corrected chi connectivity index (χ1v) is 8.08. The van der Waals surface area contributed by atoms with Gasteiger partial charge in [0.15, 0.2) is 17.5 Å². The molecule has 3 rings (SSSR count). The number of hydrogen-bond acceptors (Lipinski definition) is 4. The zero-order valence-electron chi connectivity index (χ0n) is 13.4. The Kier molecular flexibility index (Phi) is 5.16. The summed E-state index contributed by atoms with van der Waals surface area (Å²) in [6, 6.07) is 1.69. The van der Waals surface area contributed by atoms with Gasteiger partial charge in [-0.05, 0) is 25.0 Å². The van der Waals surface area contributed by atoms with Gasteiger partial charge in [-0.1, -0.05) is 12.8 Å². The third-order valence-electron chi connectivity index (χ3n) is 4.08. The lowest BCUT2D eigenvalue weighted by atomic mass is 10.2. The zero-order valence-corrected chi connectivity index (χ0v) is 13.4. The molecule has 1 N–H and O–H groups in total. The molecule has 2 heterocycles. The van der Waals surface area contributed by atoms with Gasteiger partial charge in [0.25, 0.3) is 5.91 Å². The highest BCUT2D eigenvalue weighted by atomic mass is 19.2. The van der Waals surface area contributed by atoms with E-state index in [1.54, 1.807) is 0 Å². The second kappa shape index (κ2) is 7.50. The minimum atomic E-state index is -1.64. The number of anilines is 2. The Morgan fingerprint density at radius 3 is 2.32 bits per heavy atom. The highest BCUT2D eigenvalue weighted by molar-refractivity contribution is 6.02. The van der Waals surface area contributed by atoms with Crippen molar-refractivity contribution in [1.82, 2.24) is 9.97 Å². The molecule has 0 atom stereocenters. The third-order valence-corrected chi connectivity index (χ3v) is 4.08. The minimum absolute atomic E-state index is 0.0392. The molecule has 1 saturated heterocycles. The van der Waals surface area contributed by atoms with Crippen LogP contribution >= 0.6 is 0 Å². The Hall–Kier alpha value is -2.64. The lowest BCUT2D eigenvalue weighted by Crippen LogP contribution is -2.25. The molecule has 8 heteroatoms. The van der Waals surface area contributed by atoms with Crippen LogP contribution in [-0.4, -0.2) is 29.0 Å². The molecule has 2 aromatic rings. The van der Waals surface area contributed by atoms with Crippen molar-refractivity contribution >= 4 is 17.4 Å². The van der Waals surface area contributed by atoms with Crippen LogP contribution in [0, 0.1) is 17.5 Å². The Labute approximate surface area is 142 Å². The number of rotatable bonds is 3. The maximum Gasteiger partial charge on any atom is 0.275 e. The Balaban J connectivity index is 1.71. The van der Waals surface area contributed by atoms with Gasteiger partial charge in [0, 0.05) is 13.1 Å². The summed E-state index contributed by atoms with van der Waals surface area (Å²) in [5.74, 6) is -4.49. The van der Waals surface area contributed by atoms with Crippen LogP contribution in [0.3, 0.4) is 0 Å². The smallest absolute Gasteiger partial charge is 0.275 e. The zero-order chi connectivity index (χ0) is 17.8. The number of amides is 1. The lowest BCUT2D eigenvalue weighted by Gasteiger charge is -2.20. The highest BCUT2D eigenvalue weighted by Crippen LogP contribution is 2.20. The lowest BCUT2D eigenvalue weighted by molar-refractivity contribution is 0.102. The highest BCUT2D eigenvalue weighted by Gasteiger charge is 2.17. The van der Waals surface area contributed by atoms with E-state index in [0.29, 0.717) is 5.82 Å². The quantitative estimate of drug-likeness (QED) is 0.861. The predicted molar refractivity (Wildman–Crippen MR) is 87.0 cm³/mol. The second-order valence-electron chi connectivity index (χ2n) is 5.84. The summed E-state index contributed by atoms with van der Waals surface area (Å²) < 4.78 is 39.7. The SMILES string of the molecule is O=C(Nc1ccc(F)c(F)c1F)c1cnc(N2CCCCCC2)cn1. The molecule has 1 aromatic heterocycles. The molecule has 0 aliphatic carbocycles. The number of carbonyl (C=O) groups is 1. The van der Waals surface area contributed by atoms with Crippen molar-refractivity contribution in [2.45, 2.75) is 25.7 Å². The van der Waals surface area contributed by atoms with E-state index in [1.165, 1.54) is 25.2 Å². The fourth-order valence-electron chi connectivity index (χ4n) is 2.71. The van der Waals surface area contributed by atoms with Crippen molar-refractivity contribution in [2.75, 3.05) is 23.3 Å². The number of benzene rings is 1. The van der Waals surface area contributed by atoms with E-state index in [-0.39, 0.29) is 5.69 Å². The average Bonchev–Trinajstić information content (AvgIpc) is 2.92. The van der Waals surface area contributed by atoms with E-state index < -0.39 is 29.0 Å². The Bertz CT molecular complexity index is 759. The van der Waals surface area contributed by atoms with Crippen LogP contribution in [-0.2, 0) is 0 Å². The summed E-state index contributed by atoms with van der Waals surface area (Å²) in [4.78, 5) is 22.5. The second-order valence-corrected chi connectivity index (χ2v) is 5.84. The van der Waals surface area contributed by atoms with Crippen LogP contribution < -0.4 is 10.2 Å². The largest absolute Gasteiger partial charge is 0.355 e. The van der Waals surface area contributed by atoms with Gasteiger partial charge >= 0.3 is 0 Å². The predicted octanol–water partition coefficient (Wildman–Crippen LogP) is 3.53. The first kappa shape index (κ1) is 17.2. The van der Waals surface area contributed by atoms with E-state index in [0.717, 1.165) is 38.1 Å². The molecule has 0 saturated carbocycles. The Morgan fingerprint density at radius 2 is 1.68 bits per heavy atom. The van der Waals surface area contributed by atoms with Crippen molar-refractivity contribution in [2.24, 2.45) is 0 Å². The van der Waals surface area contributed by atoms with Crippen LogP contribution in [0.1, 0.15) is 36.2 Å². The molecule has 1 aliphatic heterocycles. The van der Waals surface area contributed by atoms with E-state index in [9.17, 15) is 18.0 Å². The Morgan fingerprint density at radius 1 is 0.960 bits per heavy atom. The first-order valence-electron chi connectivity index (χ1n) is 8.08.